The highest BCUT2D eigenvalue weighted by molar-refractivity contribution is 7.09. The minimum absolute atomic E-state index is 0.0225. The first kappa shape index (κ1) is 37.7. The van der Waals surface area contributed by atoms with Crippen LogP contribution in [-0.4, -0.2) is 132 Å². The van der Waals surface area contributed by atoms with E-state index in [1.807, 2.05) is 17.5 Å². The van der Waals surface area contributed by atoms with Crippen LogP contribution in [-0.2, 0) is 44.3 Å². The average molecular weight is 625 g/mol. The van der Waals surface area contributed by atoms with Gasteiger partial charge in [0.15, 0.2) is 0 Å². The largest absolute Gasteiger partial charge is 0.388 e. The Morgan fingerprint density at radius 2 is 1.27 bits per heavy atom. The first-order chi connectivity index (χ1) is 19.5. The molecule has 0 saturated carbocycles. The smallest absolute Gasteiger partial charge is 0.383 e. The fourth-order valence-electron chi connectivity index (χ4n) is 2.83. The van der Waals surface area contributed by atoms with Crippen LogP contribution < -0.4 is 0 Å². The van der Waals surface area contributed by atoms with Gasteiger partial charge in [0.1, 0.15) is 38.3 Å². The van der Waals surface area contributed by atoms with E-state index < -0.39 is 57.1 Å². The molecular formula is C25H40F4O11S. The maximum atomic E-state index is 13.7. The zero-order valence-corrected chi connectivity index (χ0v) is 23.5. The lowest BCUT2D eigenvalue weighted by atomic mass is 10.3. The van der Waals surface area contributed by atoms with Crippen molar-refractivity contribution in [1.29, 1.82) is 0 Å². The molecule has 0 aliphatic rings. The Labute approximate surface area is 240 Å². The number of ether oxygens (including phenoxy) is 8. The van der Waals surface area contributed by atoms with Gasteiger partial charge >= 0.3 is 12.2 Å². The summed E-state index contributed by atoms with van der Waals surface area (Å²) in [6.07, 6.45) is -9.67. The van der Waals surface area contributed by atoms with Crippen LogP contribution in [0, 0.1) is 0 Å². The van der Waals surface area contributed by atoms with Crippen molar-refractivity contribution in [2.24, 2.45) is 0 Å². The molecule has 0 amide bonds. The third-order valence-electron chi connectivity index (χ3n) is 4.55. The van der Waals surface area contributed by atoms with Crippen LogP contribution in [0.2, 0.25) is 0 Å². The summed E-state index contributed by atoms with van der Waals surface area (Å²) < 4.78 is 92.7. The van der Waals surface area contributed by atoms with E-state index in [2.05, 4.69) is 20.8 Å². The first-order valence-electron chi connectivity index (χ1n) is 12.7. The molecule has 1 rings (SSSR count). The molecule has 0 bridgehead atoms. The van der Waals surface area contributed by atoms with Gasteiger partial charge in [-0.05, 0) is 11.4 Å². The van der Waals surface area contributed by atoms with E-state index in [9.17, 15) is 32.9 Å². The molecule has 240 valence electrons. The summed E-state index contributed by atoms with van der Waals surface area (Å²) in [7, 11) is 0. The van der Waals surface area contributed by atoms with Crippen LogP contribution in [0.4, 0.5) is 17.6 Å². The van der Waals surface area contributed by atoms with E-state index >= 15 is 0 Å². The zero-order chi connectivity index (χ0) is 30.4. The average Bonchev–Trinajstić information content (AvgIpc) is 3.41. The molecule has 41 heavy (non-hydrogen) atoms. The van der Waals surface area contributed by atoms with Gasteiger partial charge in [0.25, 0.3) is 0 Å². The van der Waals surface area contributed by atoms with Crippen molar-refractivity contribution >= 4 is 11.3 Å². The normalized spacial score (nSPS) is 14.7. The number of halogens is 4. The first-order valence-corrected chi connectivity index (χ1v) is 13.6. The highest BCUT2D eigenvalue weighted by Gasteiger charge is 2.44. The maximum Gasteiger partial charge on any atom is 0.383 e. The second-order valence-electron chi connectivity index (χ2n) is 8.57. The number of aliphatic hydroxyl groups excluding tert-OH is 3. The lowest BCUT2D eigenvalue weighted by Gasteiger charge is -2.24. The Morgan fingerprint density at radius 1 is 0.732 bits per heavy atom. The zero-order valence-electron chi connectivity index (χ0n) is 22.7. The van der Waals surface area contributed by atoms with Crippen LogP contribution in [0.3, 0.4) is 0 Å². The molecule has 1 aromatic heterocycles. The summed E-state index contributed by atoms with van der Waals surface area (Å²) >= 11 is 1.62. The molecule has 16 heteroatoms. The van der Waals surface area contributed by atoms with Crippen LogP contribution in [0.25, 0.3) is 0 Å². The van der Waals surface area contributed by atoms with Crippen LogP contribution in [0.5, 0.6) is 0 Å². The molecule has 0 saturated heterocycles. The Bertz CT molecular complexity index is 762. The highest BCUT2D eigenvalue weighted by Crippen LogP contribution is 2.27. The van der Waals surface area contributed by atoms with Gasteiger partial charge in [0.05, 0.1) is 66.1 Å². The summed E-state index contributed by atoms with van der Waals surface area (Å²) in [5.74, 6) is 0. The van der Waals surface area contributed by atoms with Gasteiger partial charge in [-0.1, -0.05) is 12.1 Å². The summed E-state index contributed by atoms with van der Waals surface area (Å²) in [5, 5.41) is 31.0. The fraction of sp³-hybridized carbons (Fsp3) is 0.760. The Balaban J connectivity index is 2.02. The third kappa shape index (κ3) is 22.0. The number of thiophene rings is 1. The number of hydrogen-bond donors (Lipinski definition) is 3. The van der Waals surface area contributed by atoms with Crippen molar-refractivity contribution in [2.45, 2.75) is 36.9 Å². The molecule has 3 unspecified atom stereocenters. The quantitative estimate of drug-likeness (QED) is 0.0546. The third-order valence-corrected chi connectivity index (χ3v) is 5.48. The maximum absolute atomic E-state index is 13.7. The second kappa shape index (κ2) is 22.3. The molecule has 0 spiro atoms. The van der Waals surface area contributed by atoms with Crippen LogP contribution in [0.1, 0.15) is 4.88 Å². The van der Waals surface area contributed by atoms with Gasteiger partial charge < -0.3 is 48.5 Å². The van der Waals surface area contributed by atoms with Crippen molar-refractivity contribution in [1.82, 2.24) is 0 Å². The lowest BCUT2D eigenvalue weighted by Crippen LogP contribution is -2.40. The summed E-state index contributed by atoms with van der Waals surface area (Å²) in [4.78, 5) is 1.18. The van der Waals surface area contributed by atoms with Gasteiger partial charge in [-0.25, -0.2) is 0 Å². The predicted molar refractivity (Wildman–Crippen MR) is 138 cm³/mol. The SMILES string of the molecule is C=CCOCC(O)COCC(O)COCC(F)(F)OC(F)(F)COCOCCOCC(O)COCCc1cccs1. The number of aliphatic hydroxyl groups is 3. The van der Waals surface area contributed by atoms with Crippen LogP contribution in [0.15, 0.2) is 30.2 Å². The van der Waals surface area contributed by atoms with Gasteiger partial charge in [-0.3, -0.25) is 4.74 Å². The molecule has 3 N–H and O–H groups in total. The molecule has 3 atom stereocenters. The molecular weight excluding hydrogens is 584 g/mol. The van der Waals surface area contributed by atoms with E-state index in [-0.39, 0.29) is 52.9 Å². The Kier molecular flexibility index (Phi) is 20.5. The monoisotopic (exact) mass is 624 g/mol. The van der Waals surface area contributed by atoms with E-state index in [4.69, 9.17) is 23.7 Å². The molecule has 0 aliphatic carbocycles. The molecule has 0 aliphatic heterocycles. The molecule has 0 fully saturated rings. The fourth-order valence-corrected chi connectivity index (χ4v) is 3.52. The molecule has 0 radical (unpaired) electrons. The molecule has 0 aromatic carbocycles. The minimum atomic E-state index is -4.38. The van der Waals surface area contributed by atoms with E-state index in [1.54, 1.807) is 11.3 Å². The molecule has 1 heterocycles. The van der Waals surface area contributed by atoms with Crippen molar-refractivity contribution in [3.8, 4) is 0 Å². The Morgan fingerprint density at radius 3 is 1.88 bits per heavy atom. The summed E-state index contributed by atoms with van der Waals surface area (Å²) in [6.45, 7) is -0.763. The molecule has 1 aromatic rings. The topological polar surface area (TPSA) is 135 Å². The van der Waals surface area contributed by atoms with Gasteiger partial charge in [0, 0.05) is 11.3 Å². The predicted octanol–water partition coefficient (Wildman–Crippen LogP) is 1.84. The van der Waals surface area contributed by atoms with Crippen LogP contribution >= 0.6 is 11.3 Å². The lowest BCUT2D eigenvalue weighted by molar-refractivity contribution is -0.396. The van der Waals surface area contributed by atoms with E-state index in [0.29, 0.717) is 6.61 Å². The van der Waals surface area contributed by atoms with Gasteiger partial charge in [-0.15, -0.1) is 17.9 Å². The van der Waals surface area contributed by atoms with E-state index in [1.165, 1.54) is 11.0 Å². The number of hydrogen-bond acceptors (Lipinski definition) is 12. The molecule has 11 nitrogen and oxygen atoms in total. The summed E-state index contributed by atoms with van der Waals surface area (Å²) in [6, 6.07) is 3.93. The Hall–Kier alpha value is -1.28. The highest BCUT2D eigenvalue weighted by atomic mass is 32.1. The second-order valence-corrected chi connectivity index (χ2v) is 9.60. The summed E-state index contributed by atoms with van der Waals surface area (Å²) in [5.41, 5.74) is 0. The standard InChI is InChI=1S/C25H40F4O11S/c1-2-6-33-11-21(31)14-37-15-22(32)16-38-17-24(26,27)40-25(28,29)18-39-19-36-9-8-35-13-20(30)12-34-7-5-23-4-3-10-41-23/h2-4,10,20-22,30-32H,1,5-9,11-19H2. The minimum Gasteiger partial charge on any atom is -0.388 e. The van der Waals surface area contributed by atoms with Gasteiger partial charge in [0.2, 0.25) is 0 Å². The van der Waals surface area contributed by atoms with Crippen molar-refractivity contribution in [3.63, 3.8) is 0 Å². The number of alkyl halides is 4. The van der Waals surface area contributed by atoms with Crippen molar-refractivity contribution in [2.75, 3.05) is 86.1 Å². The van der Waals surface area contributed by atoms with E-state index in [0.717, 1.165) is 6.42 Å². The van der Waals surface area contributed by atoms with Crippen molar-refractivity contribution < 1.29 is 70.8 Å². The van der Waals surface area contributed by atoms with Gasteiger partial charge in [-0.2, -0.15) is 17.6 Å². The number of rotatable bonds is 28. The van der Waals surface area contributed by atoms with Crippen molar-refractivity contribution in [3.05, 3.63) is 35.0 Å².